The van der Waals surface area contributed by atoms with Crippen molar-refractivity contribution in [3.05, 3.63) is 71.4 Å². The number of alkyl halides is 3. The average molecular weight is 560 g/mol. The van der Waals surface area contributed by atoms with Crippen LogP contribution in [0.15, 0.2) is 59.7 Å². The Morgan fingerprint density at radius 2 is 1.75 bits per heavy atom. The first-order valence-corrected chi connectivity index (χ1v) is 10.2. The second-order valence-electron chi connectivity index (χ2n) is 7.24. The fourth-order valence-corrected chi connectivity index (χ4v) is 3.27. The number of para-hydroxylation sites is 1. The summed E-state index contributed by atoms with van der Waals surface area (Å²) in [6, 6.07) is 15.5. The number of aromatic nitrogens is 1. The van der Waals surface area contributed by atoms with Gasteiger partial charge in [-0.25, -0.2) is 0 Å². The van der Waals surface area contributed by atoms with Gasteiger partial charge in [0.25, 0.3) is 0 Å². The summed E-state index contributed by atoms with van der Waals surface area (Å²) in [5.41, 5.74) is 4.16. The molecule has 32 heavy (non-hydrogen) atoms. The summed E-state index contributed by atoms with van der Waals surface area (Å²) < 4.78 is 41.0. The van der Waals surface area contributed by atoms with Crippen LogP contribution in [0.4, 0.5) is 13.2 Å². The number of aromatic amines is 1. The van der Waals surface area contributed by atoms with Gasteiger partial charge in [-0.15, -0.1) is 24.0 Å². The molecule has 0 aliphatic heterocycles. The lowest BCUT2D eigenvalue weighted by molar-refractivity contribution is -0.176. The van der Waals surface area contributed by atoms with E-state index in [4.69, 9.17) is 0 Å². The number of benzene rings is 2. The fraction of sp³-hybridized carbons (Fsp3) is 0.348. The Bertz CT molecular complexity index is 987. The number of aliphatic imine (C=N–C) groups is 1. The van der Waals surface area contributed by atoms with E-state index < -0.39 is 12.8 Å². The van der Waals surface area contributed by atoms with Crippen LogP contribution in [-0.2, 0) is 24.3 Å². The molecule has 3 N–H and O–H groups in total. The van der Waals surface area contributed by atoms with Crippen molar-refractivity contribution in [3.63, 3.8) is 0 Å². The lowest BCUT2D eigenvalue weighted by Gasteiger charge is -2.12. The molecular weight excluding hydrogens is 532 g/mol. The number of halogens is 4. The van der Waals surface area contributed by atoms with Crippen LogP contribution < -0.4 is 10.6 Å². The molecule has 0 amide bonds. The van der Waals surface area contributed by atoms with Gasteiger partial charge in [0, 0.05) is 37.2 Å². The Morgan fingerprint density at radius 3 is 2.47 bits per heavy atom. The molecule has 0 spiro atoms. The van der Waals surface area contributed by atoms with Gasteiger partial charge in [0.1, 0.15) is 6.61 Å². The molecule has 5 nitrogen and oxygen atoms in total. The van der Waals surface area contributed by atoms with E-state index in [9.17, 15) is 13.2 Å². The van der Waals surface area contributed by atoms with Crippen molar-refractivity contribution in [3.8, 4) is 0 Å². The summed E-state index contributed by atoms with van der Waals surface area (Å²) >= 11 is 0. The summed E-state index contributed by atoms with van der Waals surface area (Å²) in [6.07, 6.45) is -0.307. The minimum absolute atomic E-state index is 0. The van der Waals surface area contributed by atoms with Gasteiger partial charge in [-0.05, 0) is 35.6 Å². The molecule has 9 heteroatoms. The summed E-state index contributed by atoms with van der Waals surface area (Å²) in [6.45, 7) is 0.0476. The third kappa shape index (κ3) is 8.34. The van der Waals surface area contributed by atoms with E-state index in [0.717, 1.165) is 30.5 Å². The summed E-state index contributed by atoms with van der Waals surface area (Å²) in [5, 5.41) is 7.81. The average Bonchev–Trinajstić information content (AvgIpc) is 3.16. The standard InChI is InChI=1S/C23H27F3N4O.HI/c1-27-22(28-12-4-5-19-14-29-21-7-3-2-6-20(19)21)30-13-17-8-10-18(11-9-17)15-31-16-23(24,25)26;/h2-3,6-11,14,29H,4-5,12-13,15-16H2,1H3,(H2,27,28,30);1H. The molecule has 0 unspecified atom stereocenters. The summed E-state index contributed by atoms with van der Waals surface area (Å²) in [7, 11) is 1.72. The Kier molecular flexibility index (Phi) is 10.3. The zero-order chi connectivity index (χ0) is 22.1. The van der Waals surface area contributed by atoms with Gasteiger partial charge in [-0.3, -0.25) is 4.99 Å². The van der Waals surface area contributed by atoms with Crippen molar-refractivity contribution in [1.82, 2.24) is 15.6 Å². The van der Waals surface area contributed by atoms with Crippen molar-refractivity contribution in [2.24, 2.45) is 4.99 Å². The topological polar surface area (TPSA) is 61.4 Å². The number of guanidine groups is 1. The van der Waals surface area contributed by atoms with Gasteiger partial charge in [-0.2, -0.15) is 13.2 Å². The van der Waals surface area contributed by atoms with Crippen LogP contribution in [0.3, 0.4) is 0 Å². The summed E-state index contributed by atoms with van der Waals surface area (Å²) in [4.78, 5) is 7.53. The number of fused-ring (bicyclic) bond motifs is 1. The van der Waals surface area contributed by atoms with Crippen LogP contribution in [0.25, 0.3) is 10.9 Å². The maximum Gasteiger partial charge on any atom is 0.411 e. The predicted molar refractivity (Wildman–Crippen MR) is 132 cm³/mol. The van der Waals surface area contributed by atoms with Crippen molar-refractivity contribution in [1.29, 1.82) is 0 Å². The van der Waals surface area contributed by atoms with Crippen LogP contribution in [0, 0.1) is 0 Å². The lowest BCUT2D eigenvalue weighted by Crippen LogP contribution is -2.37. The molecular formula is C23H28F3IN4O. The molecule has 3 rings (SSSR count). The first-order valence-electron chi connectivity index (χ1n) is 10.2. The predicted octanol–water partition coefficient (Wildman–Crippen LogP) is 5.16. The Balaban J connectivity index is 0.00000363. The molecule has 0 aliphatic rings. The van der Waals surface area contributed by atoms with Crippen molar-refractivity contribution < 1.29 is 17.9 Å². The maximum absolute atomic E-state index is 12.1. The van der Waals surface area contributed by atoms with E-state index in [1.54, 1.807) is 19.2 Å². The van der Waals surface area contributed by atoms with E-state index in [2.05, 4.69) is 43.7 Å². The second kappa shape index (κ2) is 12.7. The Hall–Kier alpha value is -2.27. The molecule has 2 aromatic carbocycles. The van der Waals surface area contributed by atoms with Gasteiger partial charge in [0.2, 0.25) is 0 Å². The zero-order valence-corrected chi connectivity index (χ0v) is 20.2. The number of H-pyrrole nitrogens is 1. The summed E-state index contributed by atoms with van der Waals surface area (Å²) in [5.74, 6) is 0.705. The van der Waals surface area contributed by atoms with Crippen LogP contribution in [0.1, 0.15) is 23.1 Å². The molecule has 0 saturated carbocycles. The molecule has 1 aromatic heterocycles. The minimum Gasteiger partial charge on any atom is -0.367 e. The molecule has 174 valence electrons. The van der Waals surface area contributed by atoms with E-state index in [1.807, 2.05) is 24.3 Å². The van der Waals surface area contributed by atoms with E-state index in [1.165, 1.54) is 10.9 Å². The number of rotatable bonds is 9. The quantitative estimate of drug-likeness (QED) is 0.147. The van der Waals surface area contributed by atoms with Crippen molar-refractivity contribution in [2.75, 3.05) is 20.2 Å². The van der Waals surface area contributed by atoms with Crippen molar-refractivity contribution in [2.45, 2.75) is 32.2 Å². The molecule has 0 atom stereocenters. The monoisotopic (exact) mass is 560 g/mol. The molecule has 0 radical (unpaired) electrons. The van der Waals surface area contributed by atoms with E-state index >= 15 is 0 Å². The SMILES string of the molecule is CN=C(NCCCc1c[nH]c2ccccc12)NCc1ccc(COCC(F)(F)F)cc1.I. The van der Waals surface area contributed by atoms with Gasteiger partial charge < -0.3 is 20.4 Å². The van der Waals surface area contributed by atoms with Crippen molar-refractivity contribution >= 4 is 40.8 Å². The largest absolute Gasteiger partial charge is 0.411 e. The Morgan fingerprint density at radius 1 is 1.03 bits per heavy atom. The zero-order valence-electron chi connectivity index (χ0n) is 17.8. The highest BCUT2D eigenvalue weighted by molar-refractivity contribution is 14.0. The van der Waals surface area contributed by atoms with Crippen LogP contribution in [0.2, 0.25) is 0 Å². The molecule has 0 aliphatic carbocycles. The minimum atomic E-state index is -4.30. The third-order valence-electron chi connectivity index (χ3n) is 4.83. The molecule has 3 aromatic rings. The fourth-order valence-electron chi connectivity index (χ4n) is 3.27. The van der Waals surface area contributed by atoms with Gasteiger partial charge in [-0.1, -0.05) is 42.5 Å². The smallest absolute Gasteiger partial charge is 0.367 e. The highest BCUT2D eigenvalue weighted by atomic mass is 127. The first kappa shape index (κ1) is 26.0. The molecule has 0 fully saturated rings. The molecule has 0 saturated heterocycles. The number of nitrogens with one attached hydrogen (secondary N) is 3. The lowest BCUT2D eigenvalue weighted by atomic mass is 10.1. The third-order valence-corrected chi connectivity index (χ3v) is 4.83. The molecule has 0 bridgehead atoms. The van der Waals surface area contributed by atoms with Gasteiger partial charge >= 0.3 is 6.18 Å². The highest BCUT2D eigenvalue weighted by Crippen LogP contribution is 2.19. The van der Waals surface area contributed by atoms with Crippen LogP contribution >= 0.6 is 24.0 Å². The second-order valence-corrected chi connectivity index (χ2v) is 7.24. The highest BCUT2D eigenvalue weighted by Gasteiger charge is 2.27. The number of hydrogen-bond acceptors (Lipinski definition) is 2. The van der Waals surface area contributed by atoms with E-state index in [-0.39, 0.29) is 30.6 Å². The van der Waals surface area contributed by atoms with Crippen LogP contribution in [-0.4, -0.2) is 37.3 Å². The number of hydrogen-bond donors (Lipinski definition) is 3. The number of aryl methyl sites for hydroxylation is 1. The first-order chi connectivity index (χ1) is 14.9. The van der Waals surface area contributed by atoms with Gasteiger partial charge in [0.15, 0.2) is 5.96 Å². The van der Waals surface area contributed by atoms with Gasteiger partial charge in [0.05, 0.1) is 6.61 Å². The number of ether oxygens (including phenoxy) is 1. The van der Waals surface area contributed by atoms with E-state index in [0.29, 0.717) is 18.1 Å². The Labute approximate surface area is 202 Å². The normalized spacial score (nSPS) is 11.9. The maximum atomic E-state index is 12.1. The number of nitrogens with zero attached hydrogens (tertiary/aromatic N) is 1. The molecule has 1 heterocycles. The van der Waals surface area contributed by atoms with Crippen LogP contribution in [0.5, 0.6) is 0 Å².